The monoisotopic (exact) mass is 180 g/mol. The molecule has 1 amide bonds. The number of hydrogen-bond acceptors (Lipinski definition) is 1. The van der Waals surface area contributed by atoms with Gasteiger partial charge in [-0.3, -0.25) is 4.79 Å². The van der Waals surface area contributed by atoms with E-state index in [0.717, 1.165) is 13.0 Å². The molecule has 1 aromatic rings. The lowest BCUT2D eigenvalue weighted by molar-refractivity contribution is 0.0953. The van der Waals surface area contributed by atoms with Gasteiger partial charge in [-0.05, 0) is 12.5 Å². The van der Waals surface area contributed by atoms with Crippen molar-refractivity contribution in [2.75, 3.05) is 6.54 Å². The van der Waals surface area contributed by atoms with E-state index in [4.69, 9.17) is 0 Å². The molecule has 0 aliphatic carbocycles. The first-order chi connectivity index (χ1) is 6.34. The lowest BCUT2D eigenvalue weighted by Crippen LogP contribution is -2.23. The van der Waals surface area contributed by atoms with Gasteiger partial charge in [0, 0.05) is 18.9 Å². The number of aromatic amines is 1. The molecule has 0 saturated carbocycles. The highest BCUT2D eigenvalue weighted by Gasteiger charge is 2.02. The van der Waals surface area contributed by atoms with Crippen LogP contribution in [0.3, 0.4) is 0 Å². The zero-order valence-corrected chi connectivity index (χ0v) is 7.97. The minimum Gasteiger partial charge on any atom is -0.367 e. The molecule has 3 nitrogen and oxygen atoms in total. The predicted molar refractivity (Wildman–Crippen MR) is 52.7 cm³/mol. The molecule has 0 atom stereocenters. The summed E-state index contributed by atoms with van der Waals surface area (Å²) in [7, 11) is 0. The number of rotatable bonds is 5. The predicted octanol–water partition coefficient (Wildman–Crippen LogP) is 1.93. The fourth-order valence-electron chi connectivity index (χ4n) is 1.14. The van der Waals surface area contributed by atoms with E-state index >= 15 is 0 Å². The number of nitrogens with one attached hydrogen (secondary N) is 2. The molecule has 0 fully saturated rings. The van der Waals surface area contributed by atoms with Crippen molar-refractivity contribution in [2.24, 2.45) is 0 Å². The molecule has 2 N–H and O–H groups in total. The van der Waals surface area contributed by atoms with Gasteiger partial charge >= 0.3 is 0 Å². The maximum absolute atomic E-state index is 11.3. The lowest BCUT2D eigenvalue weighted by Gasteiger charge is -2.01. The molecule has 0 unspecified atom stereocenters. The summed E-state index contributed by atoms with van der Waals surface area (Å²) >= 11 is 0. The minimum atomic E-state index is 0.0114. The van der Waals surface area contributed by atoms with Crippen molar-refractivity contribution in [2.45, 2.75) is 26.2 Å². The summed E-state index contributed by atoms with van der Waals surface area (Å²) in [6.45, 7) is 2.92. The average Bonchev–Trinajstić information content (AvgIpc) is 2.65. The van der Waals surface area contributed by atoms with E-state index in [1.165, 1.54) is 12.8 Å². The zero-order chi connectivity index (χ0) is 9.52. The fourth-order valence-corrected chi connectivity index (χ4v) is 1.14. The van der Waals surface area contributed by atoms with Crippen LogP contribution in [0.5, 0.6) is 0 Å². The number of unbranched alkanes of at least 4 members (excludes halogenated alkanes) is 2. The molecule has 1 aromatic heterocycles. The number of carbonyl (C=O) groups excluding carboxylic acids is 1. The standard InChI is InChI=1S/C10H16N2O/c1-2-3-4-6-12-10(13)9-5-7-11-8-9/h5,7-8,11H,2-4,6H2,1H3,(H,12,13). The molecule has 0 bridgehead atoms. The van der Waals surface area contributed by atoms with E-state index in [-0.39, 0.29) is 5.91 Å². The maximum Gasteiger partial charge on any atom is 0.252 e. The Morgan fingerprint density at radius 2 is 2.38 bits per heavy atom. The molecular weight excluding hydrogens is 164 g/mol. The second-order valence-corrected chi connectivity index (χ2v) is 3.06. The Labute approximate surface area is 78.5 Å². The van der Waals surface area contributed by atoms with Crippen LogP contribution < -0.4 is 5.32 Å². The van der Waals surface area contributed by atoms with Crippen LogP contribution in [0.15, 0.2) is 18.5 Å². The normalized spacial score (nSPS) is 9.92. The van der Waals surface area contributed by atoms with Gasteiger partial charge in [0.15, 0.2) is 0 Å². The van der Waals surface area contributed by atoms with E-state index < -0.39 is 0 Å². The Balaban J connectivity index is 2.19. The van der Waals surface area contributed by atoms with Crippen LogP contribution in [0.2, 0.25) is 0 Å². The van der Waals surface area contributed by atoms with E-state index in [1.807, 2.05) is 0 Å². The quantitative estimate of drug-likeness (QED) is 0.668. The number of H-pyrrole nitrogens is 1. The number of aromatic nitrogens is 1. The van der Waals surface area contributed by atoms with Crippen LogP contribution in [-0.2, 0) is 0 Å². The summed E-state index contributed by atoms with van der Waals surface area (Å²) in [4.78, 5) is 14.2. The Morgan fingerprint density at radius 3 is 3.00 bits per heavy atom. The largest absolute Gasteiger partial charge is 0.367 e. The lowest BCUT2D eigenvalue weighted by atomic mass is 10.2. The Bertz CT molecular complexity index is 241. The van der Waals surface area contributed by atoms with Crippen LogP contribution in [-0.4, -0.2) is 17.4 Å². The number of carbonyl (C=O) groups is 1. The highest BCUT2D eigenvalue weighted by molar-refractivity contribution is 5.93. The molecule has 13 heavy (non-hydrogen) atoms. The van der Waals surface area contributed by atoms with Crippen molar-refractivity contribution < 1.29 is 4.79 Å². The first kappa shape index (κ1) is 9.84. The Morgan fingerprint density at radius 1 is 1.54 bits per heavy atom. The molecule has 3 heteroatoms. The molecule has 72 valence electrons. The van der Waals surface area contributed by atoms with Gasteiger partial charge in [0.05, 0.1) is 5.56 Å². The highest BCUT2D eigenvalue weighted by Crippen LogP contribution is 1.96. The Kier molecular flexibility index (Phi) is 4.09. The highest BCUT2D eigenvalue weighted by atomic mass is 16.1. The molecule has 0 aliphatic rings. The van der Waals surface area contributed by atoms with Gasteiger partial charge in [-0.15, -0.1) is 0 Å². The summed E-state index contributed by atoms with van der Waals surface area (Å²) in [5, 5.41) is 2.86. The second kappa shape index (κ2) is 5.41. The third-order valence-electron chi connectivity index (χ3n) is 1.93. The van der Waals surface area contributed by atoms with Crippen LogP contribution in [0, 0.1) is 0 Å². The van der Waals surface area contributed by atoms with Gasteiger partial charge in [-0.25, -0.2) is 0 Å². The van der Waals surface area contributed by atoms with E-state index in [0.29, 0.717) is 5.56 Å². The summed E-state index contributed by atoms with van der Waals surface area (Å²) in [6, 6.07) is 1.77. The summed E-state index contributed by atoms with van der Waals surface area (Å²) < 4.78 is 0. The zero-order valence-electron chi connectivity index (χ0n) is 7.97. The molecular formula is C10H16N2O. The number of amides is 1. The first-order valence-corrected chi connectivity index (χ1v) is 4.75. The molecule has 0 spiro atoms. The van der Waals surface area contributed by atoms with Crippen LogP contribution in [0.1, 0.15) is 36.5 Å². The van der Waals surface area contributed by atoms with Gasteiger partial charge in [0.2, 0.25) is 0 Å². The molecule has 0 aromatic carbocycles. The van der Waals surface area contributed by atoms with E-state index in [1.54, 1.807) is 18.5 Å². The van der Waals surface area contributed by atoms with E-state index in [9.17, 15) is 4.79 Å². The molecule has 0 saturated heterocycles. The van der Waals surface area contributed by atoms with E-state index in [2.05, 4.69) is 17.2 Å². The SMILES string of the molecule is CCCCCNC(=O)c1cc[nH]c1. The van der Waals surface area contributed by atoms with Gasteiger partial charge in [-0.2, -0.15) is 0 Å². The molecule has 1 rings (SSSR count). The second-order valence-electron chi connectivity index (χ2n) is 3.06. The first-order valence-electron chi connectivity index (χ1n) is 4.75. The summed E-state index contributed by atoms with van der Waals surface area (Å²) in [6.07, 6.45) is 6.87. The van der Waals surface area contributed by atoms with Gasteiger partial charge < -0.3 is 10.3 Å². The van der Waals surface area contributed by atoms with Crippen molar-refractivity contribution >= 4 is 5.91 Å². The van der Waals surface area contributed by atoms with Crippen molar-refractivity contribution in [1.29, 1.82) is 0 Å². The van der Waals surface area contributed by atoms with Crippen LogP contribution in [0.25, 0.3) is 0 Å². The van der Waals surface area contributed by atoms with Crippen molar-refractivity contribution in [3.8, 4) is 0 Å². The minimum absolute atomic E-state index is 0.0114. The van der Waals surface area contributed by atoms with Gasteiger partial charge in [0.25, 0.3) is 5.91 Å². The topological polar surface area (TPSA) is 44.9 Å². The molecule has 1 heterocycles. The van der Waals surface area contributed by atoms with Crippen molar-refractivity contribution in [3.63, 3.8) is 0 Å². The smallest absolute Gasteiger partial charge is 0.252 e. The average molecular weight is 180 g/mol. The summed E-state index contributed by atoms with van der Waals surface area (Å²) in [5.74, 6) is 0.0114. The Hall–Kier alpha value is -1.25. The molecule has 0 aliphatic heterocycles. The summed E-state index contributed by atoms with van der Waals surface area (Å²) in [5.41, 5.74) is 0.705. The van der Waals surface area contributed by atoms with Crippen molar-refractivity contribution in [3.05, 3.63) is 24.0 Å². The third kappa shape index (κ3) is 3.32. The number of hydrogen-bond donors (Lipinski definition) is 2. The van der Waals surface area contributed by atoms with Gasteiger partial charge in [0.1, 0.15) is 0 Å². The van der Waals surface area contributed by atoms with Crippen LogP contribution in [0.4, 0.5) is 0 Å². The van der Waals surface area contributed by atoms with Crippen molar-refractivity contribution in [1.82, 2.24) is 10.3 Å². The fraction of sp³-hybridized carbons (Fsp3) is 0.500. The van der Waals surface area contributed by atoms with Crippen LogP contribution >= 0.6 is 0 Å². The maximum atomic E-state index is 11.3. The molecule has 0 radical (unpaired) electrons. The van der Waals surface area contributed by atoms with Gasteiger partial charge in [-0.1, -0.05) is 19.8 Å². The third-order valence-corrected chi connectivity index (χ3v) is 1.93.